The van der Waals surface area contributed by atoms with E-state index in [9.17, 15) is 9.59 Å². The minimum Gasteiger partial charge on any atom is -0.322 e. The van der Waals surface area contributed by atoms with Crippen LogP contribution >= 0.6 is 0 Å². The molecule has 1 aromatic carbocycles. The van der Waals surface area contributed by atoms with Gasteiger partial charge in [0.2, 0.25) is 5.96 Å². The minimum absolute atomic E-state index is 0.356. The number of rotatable bonds is 4. The number of hydrogen-bond donors (Lipinski definition) is 2. The number of nitrogens with zero attached hydrogens (tertiary/aromatic N) is 4. The summed E-state index contributed by atoms with van der Waals surface area (Å²) in [4.78, 5) is 31.8. The molecule has 0 aromatic heterocycles. The third kappa shape index (κ3) is 3.37. The number of carbonyl (C=O) groups is 2. The van der Waals surface area contributed by atoms with Gasteiger partial charge in [-0.25, -0.2) is 15.2 Å². The summed E-state index contributed by atoms with van der Waals surface area (Å²) in [5.74, 6) is 0.0992. The number of guanidine groups is 1. The summed E-state index contributed by atoms with van der Waals surface area (Å²) >= 11 is 0. The van der Waals surface area contributed by atoms with Gasteiger partial charge in [0.25, 0.3) is 5.91 Å². The van der Waals surface area contributed by atoms with Gasteiger partial charge < -0.3 is 9.80 Å². The lowest BCUT2D eigenvalue weighted by Gasteiger charge is -2.35. The normalized spacial score (nSPS) is 23.2. The molecule has 1 fully saturated rings. The second kappa shape index (κ2) is 7.16. The van der Waals surface area contributed by atoms with Gasteiger partial charge in [-0.1, -0.05) is 42.5 Å². The van der Waals surface area contributed by atoms with E-state index in [1.807, 2.05) is 49.4 Å². The van der Waals surface area contributed by atoms with Crippen molar-refractivity contribution in [2.45, 2.75) is 19.1 Å². The van der Waals surface area contributed by atoms with Crippen molar-refractivity contribution in [3.8, 4) is 0 Å². The molecule has 2 unspecified atom stereocenters. The van der Waals surface area contributed by atoms with Crippen LogP contribution in [0.4, 0.5) is 4.79 Å². The van der Waals surface area contributed by atoms with E-state index in [4.69, 9.17) is 0 Å². The molecule has 1 aromatic rings. The van der Waals surface area contributed by atoms with Crippen LogP contribution in [-0.2, 0) is 4.79 Å². The molecule has 8 heteroatoms. The predicted molar refractivity (Wildman–Crippen MR) is 95.0 cm³/mol. The molecule has 3 amide bonds. The number of benzene rings is 1. The van der Waals surface area contributed by atoms with E-state index in [1.54, 1.807) is 18.2 Å². The number of hydrogen-bond acceptors (Lipinski definition) is 6. The Morgan fingerprint density at radius 3 is 2.80 bits per heavy atom. The van der Waals surface area contributed by atoms with E-state index in [0.29, 0.717) is 12.5 Å². The molecule has 0 aliphatic carbocycles. The molecule has 0 bridgehead atoms. The zero-order chi connectivity index (χ0) is 17.8. The Morgan fingerprint density at radius 1 is 1.32 bits per heavy atom. The molecule has 2 aliphatic rings. The monoisotopic (exact) mass is 340 g/mol. The fraction of sp³-hybridized carbons (Fsp3) is 0.294. The first kappa shape index (κ1) is 16.7. The van der Waals surface area contributed by atoms with Crippen molar-refractivity contribution in [2.75, 3.05) is 13.6 Å². The van der Waals surface area contributed by atoms with Crippen LogP contribution in [-0.4, -0.2) is 59.7 Å². The van der Waals surface area contributed by atoms with Crippen molar-refractivity contribution >= 4 is 24.1 Å². The molecule has 0 spiro atoms. The number of amides is 3. The molecular weight excluding hydrogens is 320 g/mol. The Kier molecular flexibility index (Phi) is 4.78. The van der Waals surface area contributed by atoms with Gasteiger partial charge in [0.05, 0.1) is 6.21 Å². The zero-order valence-electron chi connectivity index (χ0n) is 14.1. The second-order valence-corrected chi connectivity index (χ2v) is 5.72. The molecule has 25 heavy (non-hydrogen) atoms. The molecule has 8 nitrogen and oxygen atoms in total. The third-order valence-corrected chi connectivity index (χ3v) is 4.08. The van der Waals surface area contributed by atoms with E-state index < -0.39 is 18.2 Å². The lowest BCUT2D eigenvalue weighted by atomic mass is 10.1. The fourth-order valence-electron chi connectivity index (χ4n) is 2.74. The minimum atomic E-state index is -0.576. The van der Waals surface area contributed by atoms with Gasteiger partial charge in [-0.2, -0.15) is 5.10 Å². The highest BCUT2D eigenvalue weighted by molar-refractivity contribution is 6.03. The lowest BCUT2D eigenvalue weighted by molar-refractivity contribution is -0.126. The van der Waals surface area contributed by atoms with Gasteiger partial charge in [0.15, 0.2) is 12.2 Å². The van der Waals surface area contributed by atoms with Crippen molar-refractivity contribution in [1.29, 1.82) is 0 Å². The highest BCUT2D eigenvalue weighted by Gasteiger charge is 2.48. The fourth-order valence-corrected chi connectivity index (χ4v) is 2.74. The molecule has 1 saturated heterocycles. The van der Waals surface area contributed by atoms with E-state index in [2.05, 4.69) is 20.8 Å². The van der Waals surface area contributed by atoms with Crippen molar-refractivity contribution < 1.29 is 9.59 Å². The Morgan fingerprint density at radius 2 is 2.08 bits per heavy atom. The molecule has 2 aliphatic heterocycles. The highest BCUT2D eigenvalue weighted by atomic mass is 16.2. The molecule has 2 heterocycles. The van der Waals surface area contributed by atoms with Crippen LogP contribution in [0.15, 0.2) is 52.6 Å². The number of imide groups is 1. The summed E-state index contributed by atoms with van der Waals surface area (Å²) in [6.45, 7) is 2.39. The Hall–Kier alpha value is -3.16. The largest absolute Gasteiger partial charge is 0.325 e. The Bertz CT molecular complexity index is 743. The van der Waals surface area contributed by atoms with Crippen LogP contribution < -0.4 is 10.7 Å². The predicted octanol–water partition coefficient (Wildman–Crippen LogP) is 0.734. The SMILES string of the molecule is C/C=C/CN1C(N/N=C\c2ccccc2)=NC2C1C(=O)NC(=O)N2C. The molecule has 2 atom stereocenters. The number of likely N-dealkylation sites (N-methyl/N-ethyl adjacent to an activating group) is 1. The maximum atomic E-state index is 12.3. The number of fused-ring (bicyclic) bond motifs is 1. The van der Waals surface area contributed by atoms with Gasteiger partial charge >= 0.3 is 6.03 Å². The Balaban J connectivity index is 1.81. The van der Waals surface area contributed by atoms with Crippen molar-refractivity contribution in [3.63, 3.8) is 0 Å². The van der Waals surface area contributed by atoms with Crippen molar-refractivity contribution in [3.05, 3.63) is 48.0 Å². The summed E-state index contributed by atoms with van der Waals surface area (Å²) < 4.78 is 0. The average molecular weight is 340 g/mol. The number of allylic oxidation sites excluding steroid dienone is 1. The molecule has 3 rings (SSSR count). The molecular formula is C17H20N6O2. The Labute approximate surface area is 145 Å². The lowest BCUT2D eigenvalue weighted by Crippen LogP contribution is -2.64. The molecule has 0 radical (unpaired) electrons. The molecule has 2 N–H and O–H groups in total. The highest BCUT2D eigenvalue weighted by Crippen LogP contribution is 2.23. The average Bonchev–Trinajstić information content (AvgIpc) is 2.98. The summed E-state index contributed by atoms with van der Waals surface area (Å²) in [7, 11) is 1.62. The van der Waals surface area contributed by atoms with Crippen molar-refractivity contribution in [2.24, 2.45) is 10.1 Å². The maximum Gasteiger partial charge on any atom is 0.325 e. The van der Waals surface area contributed by atoms with E-state index in [1.165, 1.54) is 4.90 Å². The molecule has 130 valence electrons. The smallest absolute Gasteiger partial charge is 0.322 e. The maximum absolute atomic E-state index is 12.3. The number of hydrazone groups is 1. The van der Waals surface area contributed by atoms with Gasteiger partial charge in [-0.15, -0.1) is 0 Å². The van der Waals surface area contributed by atoms with Crippen LogP contribution in [0.2, 0.25) is 0 Å². The summed E-state index contributed by atoms with van der Waals surface area (Å²) in [5.41, 5.74) is 3.84. The third-order valence-electron chi connectivity index (χ3n) is 4.08. The summed E-state index contributed by atoms with van der Waals surface area (Å²) in [6, 6.07) is 8.61. The first-order valence-corrected chi connectivity index (χ1v) is 7.99. The number of nitrogens with one attached hydrogen (secondary N) is 2. The van der Waals surface area contributed by atoms with E-state index >= 15 is 0 Å². The first-order valence-electron chi connectivity index (χ1n) is 7.99. The first-order chi connectivity index (χ1) is 12.1. The van der Waals surface area contributed by atoms with Crippen molar-refractivity contribution in [1.82, 2.24) is 20.5 Å². The van der Waals surface area contributed by atoms with Crippen LogP contribution in [0.3, 0.4) is 0 Å². The van der Waals surface area contributed by atoms with Gasteiger partial charge in [-0.05, 0) is 12.5 Å². The van der Waals surface area contributed by atoms with Gasteiger partial charge in [0, 0.05) is 13.6 Å². The molecule has 0 saturated carbocycles. The number of carbonyl (C=O) groups excluding carboxylic acids is 2. The van der Waals surface area contributed by atoms with Crippen LogP contribution in [0.25, 0.3) is 0 Å². The van der Waals surface area contributed by atoms with E-state index in [0.717, 1.165) is 5.56 Å². The number of aliphatic imine (C=N–C) groups is 1. The topological polar surface area (TPSA) is 89.4 Å². The summed E-state index contributed by atoms with van der Waals surface area (Å²) in [5, 5.41) is 6.55. The number of urea groups is 1. The van der Waals surface area contributed by atoms with Crippen LogP contribution in [0.5, 0.6) is 0 Å². The van der Waals surface area contributed by atoms with E-state index in [-0.39, 0.29) is 5.91 Å². The quantitative estimate of drug-likeness (QED) is 0.480. The summed E-state index contributed by atoms with van der Waals surface area (Å²) in [6.07, 6.45) is 4.92. The van der Waals surface area contributed by atoms with Gasteiger partial charge in [0.1, 0.15) is 0 Å². The zero-order valence-corrected chi connectivity index (χ0v) is 14.1. The van der Waals surface area contributed by atoms with Crippen LogP contribution in [0, 0.1) is 0 Å². The second-order valence-electron chi connectivity index (χ2n) is 5.72. The van der Waals surface area contributed by atoms with Gasteiger partial charge in [-0.3, -0.25) is 10.1 Å². The standard InChI is InChI=1S/C17H20N6O2/c1-3-4-10-23-13-14(22(2)17(25)20-15(13)24)19-16(23)21-18-11-12-8-6-5-7-9-12/h3-9,11,13-14H,10H2,1-2H3,(H,19,21)(H,20,24,25)/b4-3+,18-11-. The van der Waals surface area contributed by atoms with Crippen LogP contribution in [0.1, 0.15) is 12.5 Å².